The minimum atomic E-state index is 0.171. The minimum Gasteiger partial charge on any atom is -0.0538 e. The molecule has 11 aliphatic rings. The second-order valence-electron chi connectivity index (χ2n) is 9.75. The van der Waals surface area contributed by atoms with Gasteiger partial charge in [-0.25, -0.2) is 0 Å². The first kappa shape index (κ1) is 9.77. The molecule has 25 heavy (non-hydrogen) atoms. The van der Waals surface area contributed by atoms with Gasteiger partial charge in [-0.3, -0.25) is 0 Å². The van der Waals surface area contributed by atoms with Crippen molar-refractivity contribution in [2.24, 2.45) is 27.1 Å². The summed E-state index contributed by atoms with van der Waals surface area (Å²) in [5.74, 6) is 0. The Morgan fingerprint density at radius 2 is 0.360 bits per heavy atom. The average molecular weight is 310 g/mol. The Morgan fingerprint density at radius 3 is 0.480 bits per heavy atom. The first-order chi connectivity index (χ1) is 12.3. The van der Waals surface area contributed by atoms with E-state index in [1.165, 1.54) is 0 Å². The van der Waals surface area contributed by atoms with Gasteiger partial charge in [0.15, 0.2) is 0 Å². The van der Waals surface area contributed by atoms with Gasteiger partial charge in [-0.2, -0.15) is 0 Å². The molecule has 0 aromatic carbocycles. The van der Waals surface area contributed by atoms with Gasteiger partial charge in [-0.15, -0.1) is 0 Å². The fourth-order valence-corrected chi connectivity index (χ4v) is 10.8. The van der Waals surface area contributed by atoms with Crippen molar-refractivity contribution in [1.29, 1.82) is 0 Å². The molecule has 0 saturated heterocycles. The second-order valence-corrected chi connectivity index (χ2v) is 9.75. The lowest BCUT2D eigenvalue weighted by Crippen LogP contribution is -2.43. The van der Waals surface area contributed by atoms with E-state index in [-0.39, 0.29) is 27.1 Å². The number of allylic oxidation sites excluding steroid dienone is 20. The Balaban J connectivity index is 1.67. The smallest absolute Gasteiger partial charge is 0.0502 e. The summed E-state index contributed by atoms with van der Waals surface area (Å²) in [6.07, 6.45) is 25.9. The fraction of sp³-hybridized carbons (Fsp3) is 0.200. The molecule has 110 valence electrons. The van der Waals surface area contributed by atoms with Crippen molar-refractivity contribution < 1.29 is 0 Å². The number of hydrogen-bond acceptors (Lipinski definition) is 0. The third-order valence-corrected chi connectivity index (χ3v) is 10.3. The van der Waals surface area contributed by atoms with E-state index in [9.17, 15) is 0 Å². The molecule has 0 bridgehead atoms. The standard InChI is InChI=1S/C25H10/c1-11-2-13-4-19-5-14-3-12(1)22-16-6-15-7-17-9-20-10-18(8-16)24(14,22)25(19,20)23(13,17)21(11,15)22/h1-10H. The van der Waals surface area contributed by atoms with Gasteiger partial charge < -0.3 is 0 Å². The molecular weight excluding hydrogens is 300 g/mol. The van der Waals surface area contributed by atoms with Gasteiger partial charge >= 0.3 is 0 Å². The van der Waals surface area contributed by atoms with E-state index in [2.05, 4.69) is 60.8 Å². The lowest BCUT2D eigenvalue weighted by Gasteiger charge is -2.45. The Bertz CT molecular complexity index is 1030. The average Bonchev–Trinajstić information content (AvgIpc) is 3.35. The Kier molecular flexibility index (Phi) is 0.766. The lowest BCUT2D eigenvalue weighted by molar-refractivity contribution is 0.194. The van der Waals surface area contributed by atoms with Crippen LogP contribution in [0.4, 0.5) is 0 Å². The van der Waals surface area contributed by atoms with Gasteiger partial charge in [-0.05, 0) is 55.7 Å². The monoisotopic (exact) mass is 310 g/mol. The highest BCUT2D eigenvalue weighted by atomic mass is 15.0. The topological polar surface area (TPSA) is 0 Å². The highest BCUT2D eigenvalue weighted by Gasteiger charge is 3.02. The maximum atomic E-state index is 2.59. The molecule has 0 aliphatic heterocycles. The van der Waals surface area contributed by atoms with Crippen molar-refractivity contribution in [3.63, 3.8) is 0 Å². The zero-order valence-corrected chi connectivity index (χ0v) is 13.3. The fourth-order valence-electron chi connectivity index (χ4n) is 10.8. The van der Waals surface area contributed by atoms with E-state index in [0.29, 0.717) is 0 Å². The van der Waals surface area contributed by atoms with Gasteiger partial charge in [0.2, 0.25) is 0 Å². The van der Waals surface area contributed by atoms with E-state index < -0.39 is 0 Å². The van der Waals surface area contributed by atoms with E-state index in [0.717, 1.165) is 0 Å². The zero-order valence-electron chi connectivity index (χ0n) is 13.3. The van der Waals surface area contributed by atoms with E-state index in [1.807, 2.05) is 0 Å². The largest absolute Gasteiger partial charge is 0.0538 e. The molecule has 0 atom stereocenters. The van der Waals surface area contributed by atoms with Crippen LogP contribution in [0.5, 0.6) is 0 Å². The summed E-state index contributed by atoms with van der Waals surface area (Å²) < 4.78 is 0. The summed E-state index contributed by atoms with van der Waals surface area (Å²) in [6.45, 7) is 0. The van der Waals surface area contributed by atoms with E-state index in [1.54, 1.807) is 55.7 Å². The molecule has 0 nitrogen and oxygen atoms in total. The molecule has 0 amide bonds. The van der Waals surface area contributed by atoms with Crippen molar-refractivity contribution in [2.45, 2.75) is 0 Å². The summed E-state index contributed by atoms with van der Waals surface area (Å²) in [7, 11) is 0. The third kappa shape index (κ3) is 0.397. The van der Waals surface area contributed by atoms with E-state index in [4.69, 9.17) is 0 Å². The molecule has 0 radical (unpaired) electrons. The molecule has 1 saturated carbocycles. The first-order valence-electron chi connectivity index (χ1n) is 9.52. The predicted octanol–water partition coefficient (Wildman–Crippen LogP) is 4.33. The molecule has 0 N–H and O–H groups in total. The lowest BCUT2D eigenvalue weighted by atomic mass is 9.54. The first-order valence-corrected chi connectivity index (χ1v) is 9.52. The molecule has 0 unspecified atom stereocenters. The van der Waals surface area contributed by atoms with Crippen molar-refractivity contribution in [3.05, 3.63) is 116 Å². The van der Waals surface area contributed by atoms with Crippen LogP contribution in [0.15, 0.2) is 116 Å². The molecule has 1 fully saturated rings. The third-order valence-electron chi connectivity index (χ3n) is 10.3. The SMILES string of the molecule is C1=C2C=C3C=C4C=C5C=C1C16C7=CC8=CC9=CC%10=CC(=C7)C21C3%10C49C586. The molecule has 11 rings (SSSR count). The molecule has 0 aromatic heterocycles. The quantitative estimate of drug-likeness (QED) is 0.624. The van der Waals surface area contributed by atoms with Crippen LogP contribution < -0.4 is 0 Å². The van der Waals surface area contributed by atoms with Gasteiger partial charge in [0.25, 0.3) is 0 Å². The molecule has 0 aromatic rings. The van der Waals surface area contributed by atoms with Gasteiger partial charge in [0, 0.05) is 0 Å². The van der Waals surface area contributed by atoms with Crippen LogP contribution in [0.25, 0.3) is 0 Å². The summed E-state index contributed by atoms with van der Waals surface area (Å²) >= 11 is 0. The number of rotatable bonds is 0. The van der Waals surface area contributed by atoms with Crippen LogP contribution in [0, 0.1) is 27.1 Å². The summed E-state index contributed by atoms with van der Waals surface area (Å²) in [5.41, 5.74) is 17.1. The van der Waals surface area contributed by atoms with Crippen LogP contribution >= 0.6 is 0 Å². The maximum Gasteiger partial charge on any atom is 0.0502 e. The minimum absolute atomic E-state index is 0.171. The van der Waals surface area contributed by atoms with Crippen molar-refractivity contribution in [1.82, 2.24) is 0 Å². The van der Waals surface area contributed by atoms with Crippen LogP contribution in [0.2, 0.25) is 0 Å². The zero-order chi connectivity index (χ0) is 15.3. The highest BCUT2D eigenvalue weighted by Crippen LogP contribution is 3.07. The molecule has 0 heteroatoms. The molecule has 5 spiro atoms. The highest BCUT2D eigenvalue weighted by molar-refractivity contribution is 6.00. The van der Waals surface area contributed by atoms with Crippen LogP contribution in [-0.4, -0.2) is 0 Å². The van der Waals surface area contributed by atoms with Crippen molar-refractivity contribution >= 4 is 0 Å². The normalized spacial score (nSPS) is 59.2. The van der Waals surface area contributed by atoms with Crippen molar-refractivity contribution in [2.75, 3.05) is 0 Å². The maximum absolute atomic E-state index is 2.59. The van der Waals surface area contributed by atoms with Crippen LogP contribution in [0.1, 0.15) is 0 Å². The van der Waals surface area contributed by atoms with E-state index >= 15 is 0 Å². The van der Waals surface area contributed by atoms with Crippen molar-refractivity contribution in [3.8, 4) is 0 Å². The Morgan fingerprint density at radius 1 is 0.240 bits per heavy atom. The Labute approximate surface area is 144 Å². The van der Waals surface area contributed by atoms with Gasteiger partial charge in [0.1, 0.15) is 0 Å². The summed E-state index contributed by atoms with van der Waals surface area (Å²) in [4.78, 5) is 0. The summed E-state index contributed by atoms with van der Waals surface area (Å²) in [5, 5.41) is 0. The Hall–Kier alpha value is -2.60. The second kappa shape index (κ2) is 1.96. The van der Waals surface area contributed by atoms with Crippen LogP contribution in [0.3, 0.4) is 0 Å². The van der Waals surface area contributed by atoms with Gasteiger partial charge in [0.05, 0.1) is 27.1 Å². The summed E-state index contributed by atoms with van der Waals surface area (Å²) in [6, 6.07) is 0. The molecule has 11 aliphatic carbocycles. The van der Waals surface area contributed by atoms with Crippen LogP contribution in [-0.2, 0) is 0 Å². The van der Waals surface area contributed by atoms with Gasteiger partial charge in [-0.1, -0.05) is 60.8 Å². The molecular formula is C25H10. The number of hydrogen-bond donors (Lipinski definition) is 0. The predicted molar refractivity (Wildman–Crippen MR) is 93.0 cm³/mol. The molecule has 0 heterocycles.